The van der Waals surface area contributed by atoms with Gasteiger partial charge in [-0.05, 0) is 65.7 Å². The van der Waals surface area contributed by atoms with Gasteiger partial charge in [0.1, 0.15) is 11.6 Å². The van der Waals surface area contributed by atoms with Crippen LogP contribution in [-0.2, 0) is 28.3 Å². The number of hydrogen-bond acceptors (Lipinski definition) is 3. The Hall–Kier alpha value is -2.08. The number of nitrogens with zero attached hydrogens (tertiary/aromatic N) is 1. The molecule has 0 bridgehead atoms. The van der Waals surface area contributed by atoms with Crippen molar-refractivity contribution in [3.05, 3.63) is 35.5 Å². The third-order valence-corrected chi connectivity index (χ3v) is 6.04. The van der Waals surface area contributed by atoms with Crippen molar-refractivity contribution in [1.29, 1.82) is 0 Å². The molecule has 0 aliphatic rings. The Kier molecular flexibility index (Phi) is 7.36. The molecular formula is C21H26F6N2O3S. The van der Waals surface area contributed by atoms with E-state index in [0.29, 0.717) is 6.07 Å². The van der Waals surface area contributed by atoms with E-state index in [-0.39, 0.29) is 16.5 Å². The summed E-state index contributed by atoms with van der Waals surface area (Å²) >= 11 is 0. The number of aromatic nitrogens is 1. The van der Waals surface area contributed by atoms with Crippen LogP contribution in [0.15, 0.2) is 24.4 Å². The summed E-state index contributed by atoms with van der Waals surface area (Å²) in [6, 6.07) is 0.168. The van der Waals surface area contributed by atoms with Crippen LogP contribution in [0.25, 0.3) is 10.9 Å². The standard InChI is InChI=1S/C21H26F6N2O3S/c1-18(2,3)32-17(30)29-11-12(14-8-7-13(10-15(14)29)20(22,23)24)9-16(21(25,26)27)28-33(31)19(4,5)6/h7-8,10-11,16,28H,9H2,1-6H3/t16-,33?/m1/s1. The molecule has 1 aromatic carbocycles. The molecule has 1 N–H and O–H groups in total. The Bertz CT molecular complexity index is 1050. The summed E-state index contributed by atoms with van der Waals surface area (Å²) < 4.78 is 100. The predicted octanol–water partition coefficient (Wildman–Crippen LogP) is 5.97. The first-order valence-corrected chi connectivity index (χ1v) is 11.0. The molecule has 0 aliphatic carbocycles. The first kappa shape index (κ1) is 27.2. The maximum atomic E-state index is 13.7. The number of ether oxygens (including phenoxy) is 1. The fraction of sp³-hybridized carbons (Fsp3) is 0.571. The van der Waals surface area contributed by atoms with Crippen LogP contribution in [0.4, 0.5) is 31.1 Å². The smallest absolute Gasteiger partial charge is 0.419 e. The van der Waals surface area contributed by atoms with Crippen LogP contribution in [0.1, 0.15) is 52.7 Å². The van der Waals surface area contributed by atoms with Gasteiger partial charge in [-0.25, -0.2) is 13.7 Å². The summed E-state index contributed by atoms with van der Waals surface area (Å²) in [4.78, 5) is 12.6. The van der Waals surface area contributed by atoms with E-state index in [1.54, 1.807) is 20.8 Å². The van der Waals surface area contributed by atoms with Crippen molar-refractivity contribution in [2.75, 3.05) is 0 Å². The molecule has 5 nitrogen and oxygen atoms in total. The Morgan fingerprint density at radius 1 is 1.06 bits per heavy atom. The topological polar surface area (TPSA) is 60.3 Å². The average Bonchev–Trinajstić information content (AvgIpc) is 2.95. The molecule has 2 aromatic rings. The van der Waals surface area contributed by atoms with Crippen LogP contribution in [0.3, 0.4) is 0 Å². The van der Waals surface area contributed by atoms with Crippen LogP contribution < -0.4 is 4.72 Å². The maximum Gasteiger partial charge on any atom is 0.419 e. The third-order valence-electron chi connectivity index (χ3n) is 4.43. The van der Waals surface area contributed by atoms with Crippen molar-refractivity contribution in [3.63, 3.8) is 0 Å². The normalized spacial score (nSPS) is 15.5. The lowest BCUT2D eigenvalue weighted by Crippen LogP contribution is -2.48. The van der Waals surface area contributed by atoms with Gasteiger partial charge in [0.25, 0.3) is 0 Å². The summed E-state index contributed by atoms with van der Waals surface area (Å²) in [5.74, 6) is 0. The fourth-order valence-electron chi connectivity index (χ4n) is 2.85. The molecule has 0 fully saturated rings. The first-order chi connectivity index (χ1) is 14.7. The molecule has 1 heterocycles. The monoisotopic (exact) mass is 500 g/mol. The number of nitrogens with one attached hydrogen (secondary N) is 1. The van der Waals surface area contributed by atoms with Gasteiger partial charge in [0.05, 0.1) is 26.8 Å². The van der Waals surface area contributed by atoms with E-state index in [2.05, 4.69) is 4.72 Å². The molecule has 186 valence electrons. The number of carbonyl (C=O) groups excluding carboxylic acids is 1. The van der Waals surface area contributed by atoms with Gasteiger partial charge in [0.15, 0.2) is 0 Å². The van der Waals surface area contributed by atoms with Gasteiger partial charge in [0.2, 0.25) is 0 Å². The SMILES string of the molecule is CC(C)(C)OC(=O)n1cc(C[C@@H](NS(=O)C(C)(C)C)C(F)(F)F)c2ccc(C(F)(F)F)cc21. The van der Waals surface area contributed by atoms with Crippen LogP contribution in [0, 0.1) is 0 Å². The predicted molar refractivity (Wildman–Crippen MR) is 113 cm³/mol. The second-order valence-electron chi connectivity index (χ2n) is 9.53. The van der Waals surface area contributed by atoms with Crippen molar-refractivity contribution in [3.8, 4) is 0 Å². The first-order valence-electron chi connectivity index (χ1n) is 9.89. The number of benzene rings is 1. The van der Waals surface area contributed by atoms with Crippen LogP contribution in [0.2, 0.25) is 0 Å². The fourth-order valence-corrected chi connectivity index (χ4v) is 3.68. The Balaban J connectivity index is 2.60. The van der Waals surface area contributed by atoms with Crippen molar-refractivity contribution < 1.29 is 40.1 Å². The summed E-state index contributed by atoms with van der Waals surface area (Å²) in [6.45, 7) is 9.13. The van der Waals surface area contributed by atoms with Crippen molar-refractivity contribution in [2.24, 2.45) is 0 Å². The van der Waals surface area contributed by atoms with E-state index < -0.39 is 57.8 Å². The second kappa shape index (κ2) is 8.94. The molecule has 0 aliphatic heterocycles. The summed E-state index contributed by atoms with van der Waals surface area (Å²) in [5.41, 5.74) is -2.35. The number of halogens is 6. The lowest BCUT2D eigenvalue weighted by Gasteiger charge is -2.25. The molecule has 1 unspecified atom stereocenters. The summed E-state index contributed by atoms with van der Waals surface area (Å²) in [7, 11) is -2.07. The Morgan fingerprint density at radius 2 is 1.64 bits per heavy atom. The number of hydrogen-bond donors (Lipinski definition) is 1. The molecule has 0 amide bonds. The van der Waals surface area contributed by atoms with Crippen molar-refractivity contribution >= 4 is 28.0 Å². The molecule has 0 saturated heterocycles. The van der Waals surface area contributed by atoms with E-state index in [1.807, 2.05) is 0 Å². The summed E-state index contributed by atoms with van der Waals surface area (Å²) in [5, 5.41) is 0.0199. The van der Waals surface area contributed by atoms with Crippen molar-refractivity contribution in [2.45, 2.75) is 76.7 Å². The Labute approximate surface area is 190 Å². The lowest BCUT2D eigenvalue weighted by molar-refractivity contribution is -0.150. The van der Waals surface area contributed by atoms with Gasteiger partial charge >= 0.3 is 18.4 Å². The maximum absolute atomic E-state index is 13.7. The average molecular weight is 501 g/mol. The molecular weight excluding hydrogens is 474 g/mol. The van der Waals surface area contributed by atoms with Crippen LogP contribution in [0.5, 0.6) is 0 Å². The van der Waals surface area contributed by atoms with Gasteiger partial charge in [-0.1, -0.05) is 6.07 Å². The zero-order valence-electron chi connectivity index (χ0n) is 18.9. The third kappa shape index (κ3) is 6.95. The zero-order chi connectivity index (χ0) is 25.6. The van der Waals surface area contributed by atoms with Gasteiger partial charge in [0, 0.05) is 11.6 Å². The molecule has 0 spiro atoms. The summed E-state index contributed by atoms with van der Waals surface area (Å²) in [6.07, 6.45) is -10.3. The minimum absolute atomic E-state index is 0.0199. The molecule has 2 rings (SSSR count). The largest absolute Gasteiger partial charge is 0.443 e. The lowest BCUT2D eigenvalue weighted by atomic mass is 10.0. The number of alkyl halides is 6. The van der Waals surface area contributed by atoms with E-state index in [1.165, 1.54) is 20.8 Å². The quantitative estimate of drug-likeness (QED) is 0.527. The number of fused-ring (bicyclic) bond motifs is 1. The van der Waals surface area contributed by atoms with Gasteiger partial charge in [-0.15, -0.1) is 0 Å². The molecule has 33 heavy (non-hydrogen) atoms. The highest BCUT2D eigenvalue weighted by Gasteiger charge is 2.42. The second-order valence-corrected chi connectivity index (χ2v) is 11.5. The minimum atomic E-state index is -4.81. The van der Waals surface area contributed by atoms with E-state index in [4.69, 9.17) is 4.74 Å². The number of carbonyl (C=O) groups is 1. The molecule has 1 aromatic heterocycles. The van der Waals surface area contributed by atoms with Crippen LogP contribution in [-0.4, -0.2) is 37.4 Å². The highest BCUT2D eigenvalue weighted by molar-refractivity contribution is 7.84. The van der Waals surface area contributed by atoms with Crippen molar-refractivity contribution in [1.82, 2.24) is 9.29 Å². The Morgan fingerprint density at radius 3 is 2.09 bits per heavy atom. The minimum Gasteiger partial charge on any atom is -0.443 e. The van der Waals surface area contributed by atoms with Gasteiger partial charge in [-0.3, -0.25) is 4.57 Å². The van der Waals surface area contributed by atoms with E-state index >= 15 is 0 Å². The highest BCUT2D eigenvalue weighted by Crippen LogP contribution is 2.35. The van der Waals surface area contributed by atoms with E-state index in [0.717, 1.165) is 22.9 Å². The van der Waals surface area contributed by atoms with Crippen LogP contribution >= 0.6 is 0 Å². The molecule has 0 radical (unpaired) electrons. The van der Waals surface area contributed by atoms with Gasteiger partial charge < -0.3 is 4.74 Å². The molecule has 0 saturated carbocycles. The van der Waals surface area contributed by atoms with Gasteiger partial charge in [-0.2, -0.15) is 26.3 Å². The molecule has 2 atom stereocenters. The van der Waals surface area contributed by atoms with E-state index in [9.17, 15) is 35.3 Å². The molecule has 12 heteroatoms. The highest BCUT2D eigenvalue weighted by atomic mass is 32.2. The number of rotatable bonds is 4. The zero-order valence-corrected chi connectivity index (χ0v) is 19.8.